The van der Waals surface area contributed by atoms with E-state index in [9.17, 15) is 14.4 Å². The summed E-state index contributed by atoms with van der Waals surface area (Å²) in [4.78, 5) is 34.1. The summed E-state index contributed by atoms with van der Waals surface area (Å²) in [5.41, 5.74) is 0. The van der Waals surface area contributed by atoms with E-state index in [0.717, 1.165) is 24.2 Å². The third-order valence-electron chi connectivity index (χ3n) is 3.45. The second kappa shape index (κ2) is 7.12. The zero-order chi connectivity index (χ0) is 15.3. The highest BCUT2D eigenvalue weighted by Crippen LogP contribution is 2.28. The number of amides is 2. The van der Waals surface area contributed by atoms with Crippen molar-refractivity contribution in [3.63, 3.8) is 0 Å². The first-order chi connectivity index (χ1) is 9.27. The summed E-state index contributed by atoms with van der Waals surface area (Å²) >= 11 is 0. The zero-order valence-electron chi connectivity index (χ0n) is 11.8. The fraction of sp³-hybridized carbons (Fsp3) is 0.769. The number of nitrogens with zero attached hydrogens (tertiary/aromatic N) is 1. The van der Waals surface area contributed by atoms with Gasteiger partial charge in [0.1, 0.15) is 13.1 Å². The summed E-state index contributed by atoms with van der Waals surface area (Å²) in [7, 11) is 0. The molecule has 0 aromatic carbocycles. The summed E-state index contributed by atoms with van der Waals surface area (Å²) in [6, 6.07) is -0.646. The molecule has 0 aromatic heterocycles. The SMILES string of the molecule is CC1CC(C)CC(NC(=O)N(CC(=O)O)CC(=O)O)C1. The summed E-state index contributed by atoms with van der Waals surface area (Å²) in [6.45, 7) is 2.99. The van der Waals surface area contributed by atoms with Crippen LogP contribution < -0.4 is 5.32 Å². The first-order valence-corrected chi connectivity index (χ1v) is 6.77. The quantitative estimate of drug-likeness (QED) is 0.698. The molecule has 1 aliphatic carbocycles. The number of nitrogens with one attached hydrogen (secondary N) is 1. The molecule has 2 atom stereocenters. The number of carboxylic acid groups (broad SMARTS) is 2. The molecule has 0 bridgehead atoms. The number of aliphatic carboxylic acids is 2. The highest BCUT2D eigenvalue weighted by molar-refractivity contribution is 5.84. The van der Waals surface area contributed by atoms with Gasteiger partial charge in [-0.25, -0.2) is 4.79 Å². The van der Waals surface area contributed by atoms with Gasteiger partial charge in [0, 0.05) is 6.04 Å². The molecule has 1 saturated carbocycles. The molecule has 1 aliphatic rings. The second-order valence-electron chi connectivity index (χ2n) is 5.71. The van der Waals surface area contributed by atoms with Gasteiger partial charge in [0.25, 0.3) is 0 Å². The molecule has 0 aliphatic heterocycles. The summed E-state index contributed by atoms with van der Waals surface area (Å²) in [5, 5.41) is 20.2. The molecule has 3 N–H and O–H groups in total. The number of carboxylic acids is 2. The Bertz CT molecular complexity index is 359. The third kappa shape index (κ3) is 5.46. The molecule has 0 saturated heterocycles. The van der Waals surface area contributed by atoms with Crippen molar-refractivity contribution in [3.05, 3.63) is 0 Å². The van der Waals surface area contributed by atoms with Crippen molar-refractivity contribution in [1.29, 1.82) is 0 Å². The molecule has 1 fully saturated rings. The van der Waals surface area contributed by atoms with Gasteiger partial charge in [-0.05, 0) is 31.1 Å². The fourth-order valence-electron chi connectivity index (χ4n) is 2.86. The maximum atomic E-state index is 12.0. The second-order valence-corrected chi connectivity index (χ2v) is 5.71. The smallest absolute Gasteiger partial charge is 0.323 e. The molecule has 20 heavy (non-hydrogen) atoms. The van der Waals surface area contributed by atoms with Gasteiger partial charge in [-0.15, -0.1) is 0 Å². The first kappa shape index (κ1) is 16.3. The minimum Gasteiger partial charge on any atom is -0.480 e. The standard InChI is InChI=1S/C13H22N2O5/c1-8-3-9(2)5-10(4-8)14-13(20)15(6-11(16)17)7-12(18)19/h8-10H,3-7H2,1-2H3,(H,14,20)(H,16,17)(H,18,19). The van der Waals surface area contributed by atoms with Crippen LogP contribution in [-0.4, -0.2) is 52.2 Å². The summed E-state index contributed by atoms with van der Waals surface area (Å²) < 4.78 is 0. The normalized spacial score (nSPS) is 25.8. The van der Waals surface area contributed by atoms with Gasteiger partial charge in [0.2, 0.25) is 0 Å². The Morgan fingerprint density at radius 3 is 1.85 bits per heavy atom. The van der Waals surface area contributed by atoms with E-state index < -0.39 is 31.1 Å². The monoisotopic (exact) mass is 286 g/mol. The number of carbonyl (C=O) groups is 3. The lowest BCUT2D eigenvalue weighted by Crippen LogP contribution is -2.50. The summed E-state index contributed by atoms with van der Waals surface area (Å²) in [6.07, 6.45) is 2.79. The van der Waals surface area contributed by atoms with E-state index in [-0.39, 0.29) is 6.04 Å². The van der Waals surface area contributed by atoms with Crippen LogP contribution >= 0.6 is 0 Å². The molecule has 114 valence electrons. The van der Waals surface area contributed by atoms with Crippen molar-refractivity contribution in [3.8, 4) is 0 Å². The molecule has 2 amide bonds. The molecule has 7 nitrogen and oxygen atoms in total. The van der Waals surface area contributed by atoms with Crippen LogP contribution in [0.3, 0.4) is 0 Å². The van der Waals surface area contributed by atoms with Gasteiger partial charge in [0.05, 0.1) is 0 Å². The lowest BCUT2D eigenvalue weighted by Gasteiger charge is -2.33. The van der Waals surface area contributed by atoms with Crippen LogP contribution in [-0.2, 0) is 9.59 Å². The number of carbonyl (C=O) groups excluding carboxylic acids is 1. The Kier molecular flexibility index (Phi) is 5.79. The first-order valence-electron chi connectivity index (χ1n) is 6.77. The lowest BCUT2D eigenvalue weighted by atomic mass is 9.80. The van der Waals surface area contributed by atoms with Gasteiger partial charge in [-0.2, -0.15) is 0 Å². The molecular weight excluding hydrogens is 264 g/mol. The van der Waals surface area contributed by atoms with Crippen molar-refractivity contribution in [2.45, 2.75) is 39.2 Å². The van der Waals surface area contributed by atoms with Crippen molar-refractivity contribution < 1.29 is 24.6 Å². The van der Waals surface area contributed by atoms with E-state index in [1.54, 1.807) is 0 Å². The predicted octanol–water partition coefficient (Wildman–Crippen LogP) is 0.992. The Balaban J connectivity index is 2.60. The molecule has 2 unspecified atom stereocenters. The Morgan fingerprint density at radius 2 is 1.45 bits per heavy atom. The van der Waals surface area contributed by atoms with Gasteiger partial charge in [-0.1, -0.05) is 13.8 Å². The Morgan fingerprint density at radius 1 is 1.00 bits per heavy atom. The highest BCUT2D eigenvalue weighted by Gasteiger charge is 2.27. The van der Waals surface area contributed by atoms with Crippen molar-refractivity contribution >= 4 is 18.0 Å². The predicted molar refractivity (Wildman–Crippen MR) is 71.3 cm³/mol. The zero-order valence-corrected chi connectivity index (χ0v) is 11.8. The maximum Gasteiger partial charge on any atom is 0.323 e. The van der Waals surface area contributed by atoms with E-state index in [0.29, 0.717) is 11.8 Å². The van der Waals surface area contributed by atoms with Crippen molar-refractivity contribution in [2.24, 2.45) is 11.8 Å². The third-order valence-corrected chi connectivity index (χ3v) is 3.45. The van der Waals surface area contributed by atoms with Gasteiger partial charge >= 0.3 is 18.0 Å². The largest absolute Gasteiger partial charge is 0.480 e. The van der Waals surface area contributed by atoms with Crippen LogP contribution in [0.1, 0.15) is 33.1 Å². The number of rotatable bonds is 5. The van der Waals surface area contributed by atoms with E-state index >= 15 is 0 Å². The molecule has 0 heterocycles. The minimum atomic E-state index is -1.23. The van der Waals surface area contributed by atoms with E-state index in [4.69, 9.17) is 10.2 Å². The van der Waals surface area contributed by atoms with Gasteiger partial charge in [-0.3, -0.25) is 9.59 Å². The van der Waals surface area contributed by atoms with E-state index in [1.165, 1.54) is 0 Å². The van der Waals surface area contributed by atoms with Gasteiger partial charge < -0.3 is 20.4 Å². The average molecular weight is 286 g/mol. The van der Waals surface area contributed by atoms with E-state index in [1.807, 2.05) is 0 Å². The molecule has 0 spiro atoms. The Hall–Kier alpha value is -1.79. The van der Waals surface area contributed by atoms with Crippen LogP contribution in [0.25, 0.3) is 0 Å². The van der Waals surface area contributed by atoms with E-state index in [2.05, 4.69) is 19.2 Å². The molecule has 7 heteroatoms. The van der Waals surface area contributed by atoms with Crippen LogP contribution in [0.2, 0.25) is 0 Å². The van der Waals surface area contributed by atoms with Crippen LogP contribution in [0.5, 0.6) is 0 Å². The van der Waals surface area contributed by atoms with Gasteiger partial charge in [0.15, 0.2) is 0 Å². The van der Waals surface area contributed by atoms with Crippen LogP contribution in [0.4, 0.5) is 4.79 Å². The summed E-state index contributed by atoms with van der Waals surface area (Å²) in [5.74, 6) is -1.47. The average Bonchev–Trinajstić information content (AvgIpc) is 2.24. The number of urea groups is 1. The highest BCUT2D eigenvalue weighted by atomic mass is 16.4. The lowest BCUT2D eigenvalue weighted by molar-refractivity contribution is -0.140. The fourth-order valence-corrected chi connectivity index (χ4v) is 2.86. The molecule has 1 rings (SSSR count). The van der Waals surface area contributed by atoms with Crippen LogP contribution in [0.15, 0.2) is 0 Å². The molecule has 0 radical (unpaired) electrons. The Labute approximate surface area is 117 Å². The van der Waals surface area contributed by atoms with Crippen molar-refractivity contribution in [2.75, 3.05) is 13.1 Å². The number of hydrogen-bond donors (Lipinski definition) is 3. The minimum absolute atomic E-state index is 0.0219. The van der Waals surface area contributed by atoms with Crippen molar-refractivity contribution in [1.82, 2.24) is 10.2 Å². The van der Waals surface area contributed by atoms with Crippen LogP contribution in [0, 0.1) is 11.8 Å². The molecule has 0 aromatic rings. The topological polar surface area (TPSA) is 107 Å². The molecular formula is C13H22N2O5. The number of hydrogen-bond acceptors (Lipinski definition) is 3. The maximum absolute atomic E-state index is 12.0.